The number of aldehydes is 1. The van der Waals surface area contributed by atoms with E-state index in [4.69, 9.17) is 4.42 Å². The molecule has 2 nitrogen and oxygen atoms in total. The fraction of sp³-hybridized carbons (Fsp3) is 0. The number of carbonyl (C=O) groups is 1. The highest BCUT2D eigenvalue weighted by atomic mass is 127. The van der Waals surface area contributed by atoms with Crippen LogP contribution in [0.2, 0.25) is 0 Å². The topological polar surface area (TPSA) is 30.2 Å². The highest BCUT2D eigenvalue weighted by Crippen LogP contribution is 2.22. The van der Waals surface area contributed by atoms with Crippen LogP contribution < -0.4 is 0 Å². The van der Waals surface area contributed by atoms with Gasteiger partial charge in [0.15, 0.2) is 12.0 Å². The van der Waals surface area contributed by atoms with Crippen LogP contribution in [0.4, 0.5) is 0 Å². The zero-order valence-corrected chi connectivity index (χ0v) is 9.39. The van der Waals surface area contributed by atoms with Crippen LogP contribution in [-0.4, -0.2) is 6.29 Å². The van der Waals surface area contributed by atoms with Gasteiger partial charge in [0.2, 0.25) is 0 Å². The molecule has 0 unspecified atom stereocenters. The van der Waals surface area contributed by atoms with E-state index in [1.165, 1.54) is 3.57 Å². The van der Waals surface area contributed by atoms with Crippen LogP contribution in [0.25, 0.3) is 11.3 Å². The zero-order valence-electron chi connectivity index (χ0n) is 7.24. The molecule has 0 radical (unpaired) electrons. The molecule has 70 valence electrons. The summed E-state index contributed by atoms with van der Waals surface area (Å²) in [6, 6.07) is 11.4. The van der Waals surface area contributed by atoms with Crippen molar-refractivity contribution >= 4 is 28.9 Å². The van der Waals surface area contributed by atoms with E-state index in [1.54, 1.807) is 12.1 Å². The third-order valence-corrected chi connectivity index (χ3v) is 2.59. The molecule has 0 atom stereocenters. The molecule has 0 aliphatic rings. The lowest BCUT2D eigenvalue weighted by molar-refractivity contribution is 0.110. The van der Waals surface area contributed by atoms with Gasteiger partial charge in [-0.05, 0) is 46.9 Å². The van der Waals surface area contributed by atoms with Crippen LogP contribution in [0, 0.1) is 3.57 Å². The smallest absolute Gasteiger partial charge is 0.185 e. The molecule has 0 amide bonds. The average molecular weight is 298 g/mol. The van der Waals surface area contributed by atoms with Gasteiger partial charge in [0, 0.05) is 9.13 Å². The summed E-state index contributed by atoms with van der Waals surface area (Å²) in [5.41, 5.74) is 0.985. The molecule has 0 N–H and O–H groups in total. The summed E-state index contributed by atoms with van der Waals surface area (Å²) < 4.78 is 6.46. The lowest BCUT2D eigenvalue weighted by Crippen LogP contribution is -1.74. The normalized spacial score (nSPS) is 10.1. The van der Waals surface area contributed by atoms with Crippen molar-refractivity contribution in [3.05, 3.63) is 45.7 Å². The Morgan fingerprint density at radius 1 is 1.07 bits per heavy atom. The number of hydrogen-bond donors (Lipinski definition) is 0. The van der Waals surface area contributed by atoms with E-state index in [-0.39, 0.29) is 0 Å². The van der Waals surface area contributed by atoms with Crippen LogP contribution >= 0.6 is 22.6 Å². The Bertz CT molecular complexity index is 443. The van der Waals surface area contributed by atoms with Crippen molar-refractivity contribution < 1.29 is 9.21 Å². The van der Waals surface area contributed by atoms with Gasteiger partial charge in [-0.15, -0.1) is 0 Å². The first kappa shape index (κ1) is 9.45. The standard InChI is InChI=1S/C11H7IO2/c12-9-3-1-8(2-4-9)11-6-5-10(7-13)14-11/h1-7H. The van der Waals surface area contributed by atoms with Crippen molar-refractivity contribution in [2.24, 2.45) is 0 Å². The molecule has 0 fully saturated rings. The Balaban J connectivity index is 2.39. The van der Waals surface area contributed by atoms with E-state index in [2.05, 4.69) is 22.6 Å². The first-order valence-corrected chi connectivity index (χ1v) is 5.18. The zero-order chi connectivity index (χ0) is 9.97. The van der Waals surface area contributed by atoms with E-state index in [1.807, 2.05) is 24.3 Å². The molecular weight excluding hydrogens is 291 g/mol. The maximum Gasteiger partial charge on any atom is 0.185 e. The molecule has 2 aromatic rings. The molecule has 0 aliphatic carbocycles. The minimum Gasteiger partial charge on any atom is -0.453 e. The predicted octanol–water partition coefficient (Wildman–Crippen LogP) is 3.36. The summed E-state index contributed by atoms with van der Waals surface area (Å²) >= 11 is 2.24. The lowest BCUT2D eigenvalue weighted by Gasteiger charge is -1.95. The molecular formula is C11H7IO2. The maximum atomic E-state index is 10.4. The molecule has 1 heterocycles. The van der Waals surface area contributed by atoms with Crippen molar-refractivity contribution in [1.82, 2.24) is 0 Å². The molecule has 0 saturated heterocycles. The van der Waals surface area contributed by atoms with Crippen LogP contribution in [0.15, 0.2) is 40.8 Å². The van der Waals surface area contributed by atoms with E-state index >= 15 is 0 Å². The van der Waals surface area contributed by atoms with Crippen molar-refractivity contribution in [2.45, 2.75) is 0 Å². The van der Waals surface area contributed by atoms with Crippen molar-refractivity contribution in [2.75, 3.05) is 0 Å². The fourth-order valence-corrected chi connectivity index (χ4v) is 1.55. The highest BCUT2D eigenvalue weighted by Gasteiger charge is 2.02. The Hall–Kier alpha value is -1.10. The van der Waals surface area contributed by atoms with Gasteiger partial charge >= 0.3 is 0 Å². The molecule has 2 rings (SSSR count). The Kier molecular flexibility index (Phi) is 2.67. The van der Waals surface area contributed by atoms with Gasteiger partial charge < -0.3 is 4.42 Å². The summed E-state index contributed by atoms with van der Waals surface area (Å²) in [6.45, 7) is 0. The van der Waals surface area contributed by atoms with Crippen molar-refractivity contribution in [3.8, 4) is 11.3 Å². The molecule has 14 heavy (non-hydrogen) atoms. The summed E-state index contributed by atoms with van der Waals surface area (Å²) in [7, 11) is 0. The quantitative estimate of drug-likeness (QED) is 0.628. The molecule has 3 heteroatoms. The number of furan rings is 1. The van der Waals surface area contributed by atoms with Crippen LogP contribution in [0.5, 0.6) is 0 Å². The second-order valence-corrected chi connectivity index (χ2v) is 4.07. The monoisotopic (exact) mass is 298 g/mol. The number of rotatable bonds is 2. The average Bonchev–Trinajstić information content (AvgIpc) is 2.67. The van der Waals surface area contributed by atoms with E-state index < -0.39 is 0 Å². The molecule has 1 aromatic carbocycles. The van der Waals surface area contributed by atoms with Gasteiger partial charge in [-0.2, -0.15) is 0 Å². The van der Waals surface area contributed by atoms with Gasteiger partial charge in [0.05, 0.1) is 0 Å². The highest BCUT2D eigenvalue weighted by molar-refractivity contribution is 14.1. The predicted molar refractivity (Wildman–Crippen MR) is 62.2 cm³/mol. The second kappa shape index (κ2) is 3.96. The number of carbonyl (C=O) groups excluding carboxylic acids is 1. The minimum absolute atomic E-state index is 0.360. The third kappa shape index (κ3) is 1.87. The summed E-state index contributed by atoms with van der Waals surface area (Å²) in [5.74, 6) is 1.09. The molecule has 1 aromatic heterocycles. The number of halogens is 1. The molecule has 0 bridgehead atoms. The van der Waals surface area contributed by atoms with Crippen LogP contribution in [0.3, 0.4) is 0 Å². The van der Waals surface area contributed by atoms with Gasteiger partial charge in [-0.3, -0.25) is 4.79 Å². The maximum absolute atomic E-state index is 10.4. The van der Waals surface area contributed by atoms with E-state index in [9.17, 15) is 4.79 Å². The SMILES string of the molecule is O=Cc1ccc(-c2ccc(I)cc2)o1. The summed E-state index contributed by atoms with van der Waals surface area (Å²) in [6.07, 6.45) is 0.705. The van der Waals surface area contributed by atoms with Gasteiger partial charge in [0.25, 0.3) is 0 Å². The summed E-state index contributed by atoms with van der Waals surface area (Å²) in [4.78, 5) is 10.4. The Morgan fingerprint density at radius 3 is 2.36 bits per heavy atom. The first-order chi connectivity index (χ1) is 6.79. The third-order valence-electron chi connectivity index (χ3n) is 1.87. The molecule has 0 saturated carbocycles. The van der Waals surface area contributed by atoms with Crippen molar-refractivity contribution in [3.63, 3.8) is 0 Å². The Labute approximate surface area is 95.1 Å². The molecule has 0 aliphatic heterocycles. The molecule has 0 spiro atoms. The number of hydrogen-bond acceptors (Lipinski definition) is 2. The largest absolute Gasteiger partial charge is 0.453 e. The lowest BCUT2D eigenvalue weighted by atomic mass is 10.2. The van der Waals surface area contributed by atoms with Gasteiger partial charge in [-0.25, -0.2) is 0 Å². The van der Waals surface area contributed by atoms with Crippen molar-refractivity contribution in [1.29, 1.82) is 0 Å². The second-order valence-electron chi connectivity index (χ2n) is 2.83. The van der Waals surface area contributed by atoms with Crippen LogP contribution in [-0.2, 0) is 0 Å². The van der Waals surface area contributed by atoms with Gasteiger partial charge in [0.1, 0.15) is 5.76 Å². The number of benzene rings is 1. The van der Waals surface area contributed by atoms with Gasteiger partial charge in [-0.1, -0.05) is 12.1 Å². The minimum atomic E-state index is 0.360. The Morgan fingerprint density at radius 2 is 1.79 bits per heavy atom. The summed E-state index contributed by atoms with van der Waals surface area (Å²) in [5, 5.41) is 0. The van der Waals surface area contributed by atoms with E-state index in [0.717, 1.165) is 11.3 Å². The first-order valence-electron chi connectivity index (χ1n) is 4.10. The van der Waals surface area contributed by atoms with Crippen LogP contribution in [0.1, 0.15) is 10.6 Å². The fourth-order valence-electron chi connectivity index (χ4n) is 1.19. The van der Waals surface area contributed by atoms with E-state index in [0.29, 0.717) is 12.0 Å².